The summed E-state index contributed by atoms with van der Waals surface area (Å²) in [7, 11) is 0. The highest BCUT2D eigenvalue weighted by Crippen LogP contribution is 2.14. The highest BCUT2D eigenvalue weighted by atomic mass is 32.1. The first-order valence-corrected chi connectivity index (χ1v) is 4.71. The zero-order chi connectivity index (χ0) is 9.26. The first-order chi connectivity index (χ1) is 6.27. The van der Waals surface area contributed by atoms with Crippen molar-refractivity contribution < 1.29 is 9.59 Å². The summed E-state index contributed by atoms with van der Waals surface area (Å²) in [5.74, 6) is -0.447. The van der Waals surface area contributed by atoms with E-state index >= 15 is 0 Å². The molecule has 0 bridgehead atoms. The van der Waals surface area contributed by atoms with E-state index in [1.807, 2.05) is 17.5 Å². The van der Waals surface area contributed by atoms with Gasteiger partial charge in [-0.15, -0.1) is 11.3 Å². The molecule has 1 aliphatic heterocycles. The Morgan fingerprint density at radius 2 is 1.92 bits per heavy atom. The Labute approximate surface area is 79.3 Å². The molecule has 66 valence electrons. The molecule has 1 aromatic rings. The zero-order valence-corrected chi connectivity index (χ0v) is 7.58. The van der Waals surface area contributed by atoms with Crippen LogP contribution < -0.4 is 0 Å². The van der Waals surface area contributed by atoms with Crippen molar-refractivity contribution in [3.63, 3.8) is 0 Å². The number of rotatable bonds is 2. The van der Waals surface area contributed by atoms with Gasteiger partial charge in [0, 0.05) is 17.0 Å². The molecule has 2 heterocycles. The summed E-state index contributed by atoms with van der Waals surface area (Å²) in [5.41, 5.74) is 0. The van der Waals surface area contributed by atoms with Crippen molar-refractivity contribution in [3.05, 3.63) is 34.5 Å². The molecule has 4 heteroatoms. The Balaban J connectivity index is 2.11. The van der Waals surface area contributed by atoms with Gasteiger partial charge >= 0.3 is 0 Å². The summed E-state index contributed by atoms with van der Waals surface area (Å²) < 4.78 is 0. The van der Waals surface area contributed by atoms with Gasteiger partial charge in [-0.05, 0) is 11.4 Å². The minimum atomic E-state index is -0.224. The van der Waals surface area contributed by atoms with Gasteiger partial charge in [0.15, 0.2) is 0 Å². The van der Waals surface area contributed by atoms with Crippen LogP contribution in [0.25, 0.3) is 0 Å². The Morgan fingerprint density at radius 1 is 1.23 bits per heavy atom. The topological polar surface area (TPSA) is 37.4 Å². The van der Waals surface area contributed by atoms with Gasteiger partial charge in [0.1, 0.15) is 0 Å². The predicted octanol–water partition coefficient (Wildman–Crippen LogP) is 1.17. The Bertz CT molecular complexity index is 349. The molecule has 0 aromatic carbocycles. The predicted molar refractivity (Wildman–Crippen MR) is 49.0 cm³/mol. The summed E-state index contributed by atoms with van der Waals surface area (Å²) in [4.78, 5) is 24.5. The first kappa shape index (κ1) is 8.19. The molecule has 1 aromatic heterocycles. The molecule has 2 amide bonds. The number of carbonyl (C=O) groups excluding carboxylic acids is 2. The molecule has 0 N–H and O–H groups in total. The number of carbonyl (C=O) groups is 2. The van der Waals surface area contributed by atoms with Gasteiger partial charge in [-0.2, -0.15) is 0 Å². The van der Waals surface area contributed by atoms with Gasteiger partial charge in [-0.25, -0.2) is 0 Å². The second-order valence-corrected chi connectivity index (χ2v) is 3.71. The third-order valence-corrected chi connectivity index (χ3v) is 2.66. The van der Waals surface area contributed by atoms with E-state index in [9.17, 15) is 9.59 Å². The smallest absolute Gasteiger partial charge is 0.253 e. The molecule has 0 spiro atoms. The van der Waals surface area contributed by atoms with E-state index in [0.29, 0.717) is 6.54 Å². The molecule has 0 unspecified atom stereocenters. The summed E-state index contributed by atoms with van der Waals surface area (Å²) in [6.07, 6.45) is 2.60. The van der Waals surface area contributed by atoms with E-state index in [-0.39, 0.29) is 11.8 Å². The minimum Gasteiger partial charge on any atom is -0.270 e. The summed E-state index contributed by atoms with van der Waals surface area (Å²) >= 11 is 1.54. The third-order valence-electron chi connectivity index (χ3n) is 1.79. The van der Waals surface area contributed by atoms with Gasteiger partial charge in [0.05, 0.1) is 6.54 Å². The fourth-order valence-corrected chi connectivity index (χ4v) is 1.84. The van der Waals surface area contributed by atoms with Gasteiger partial charge in [-0.1, -0.05) is 6.07 Å². The van der Waals surface area contributed by atoms with E-state index in [4.69, 9.17) is 0 Å². The fraction of sp³-hybridized carbons (Fsp3) is 0.111. The summed E-state index contributed by atoms with van der Waals surface area (Å²) in [6, 6.07) is 3.81. The Morgan fingerprint density at radius 3 is 2.46 bits per heavy atom. The van der Waals surface area contributed by atoms with Gasteiger partial charge in [-0.3, -0.25) is 14.5 Å². The molecule has 0 atom stereocenters. The van der Waals surface area contributed by atoms with E-state index in [0.717, 1.165) is 4.88 Å². The number of hydrogen-bond donors (Lipinski definition) is 0. The molecule has 0 saturated carbocycles. The van der Waals surface area contributed by atoms with Crippen LogP contribution in [-0.2, 0) is 16.1 Å². The highest BCUT2D eigenvalue weighted by Gasteiger charge is 2.23. The van der Waals surface area contributed by atoms with Crippen molar-refractivity contribution in [1.82, 2.24) is 4.90 Å². The SMILES string of the molecule is O=C1C=CC(=O)N1Cc1cccs1. The summed E-state index contributed by atoms with van der Waals surface area (Å²) in [5, 5.41) is 1.92. The van der Waals surface area contributed by atoms with E-state index in [1.54, 1.807) is 0 Å². The molecular formula is C9H7NO2S. The van der Waals surface area contributed by atoms with Crippen LogP contribution in [0.5, 0.6) is 0 Å². The lowest BCUT2D eigenvalue weighted by atomic mass is 10.4. The molecule has 0 fully saturated rings. The van der Waals surface area contributed by atoms with Crippen LogP contribution >= 0.6 is 11.3 Å². The van der Waals surface area contributed by atoms with Crippen LogP contribution in [0.2, 0.25) is 0 Å². The van der Waals surface area contributed by atoms with Crippen molar-refractivity contribution in [2.45, 2.75) is 6.54 Å². The van der Waals surface area contributed by atoms with Crippen molar-refractivity contribution in [3.8, 4) is 0 Å². The molecule has 0 aliphatic carbocycles. The zero-order valence-electron chi connectivity index (χ0n) is 6.77. The molecule has 2 rings (SSSR count). The van der Waals surface area contributed by atoms with Crippen LogP contribution in [0.3, 0.4) is 0 Å². The number of thiophene rings is 1. The van der Waals surface area contributed by atoms with Crippen LogP contribution in [0.1, 0.15) is 4.88 Å². The minimum absolute atomic E-state index is 0.224. The first-order valence-electron chi connectivity index (χ1n) is 3.83. The lowest BCUT2D eigenvalue weighted by molar-refractivity contribution is -0.137. The number of amides is 2. The second-order valence-electron chi connectivity index (χ2n) is 2.68. The molecule has 13 heavy (non-hydrogen) atoms. The molecule has 0 radical (unpaired) electrons. The maximum absolute atomic E-state index is 11.1. The normalized spacial score (nSPS) is 15.8. The molecule has 0 saturated heterocycles. The lowest BCUT2D eigenvalue weighted by Crippen LogP contribution is -2.28. The van der Waals surface area contributed by atoms with Crippen LogP contribution in [0.4, 0.5) is 0 Å². The van der Waals surface area contributed by atoms with Crippen molar-refractivity contribution >= 4 is 23.2 Å². The van der Waals surface area contributed by atoms with E-state index in [2.05, 4.69) is 0 Å². The Hall–Kier alpha value is -1.42. The van der Waals surface area contributed by atoms with Crippen LogP contribution in [0.15, 0.2) is 29.7 Å². The number of hydrogen-bond acceptors (Lipinski definition) is 3. The van der Waals surface area contributed by atoms with Gasteiger partial charge in [0.2, 0.25) is 0 Å². The fourth-order valence-electron chi connectivity index (χ4n) is 1.15. The quantitative estimate of drug-likeness (QED) is 0.661. The van der Waals surface area contributed by atoms with E-state index in [1.165, 1.54) is 28.4 Å². The van der Waals surface area contributed by atoms with Crippen molar-refractivity contribution in [2.24, 2.45) is 0 Å². The van der Waals surface area contributed by atoms with Crippen LogP contribution in [0, 0.1) is 0 Å². The van der Waals surface area contributed by atoms with Gasteiger partial charge < -0.3 is 0 Å². The third kappa shape index (κ3) is 1.53. The maximum atomic E-state index is 11.1. The largest absolute Gasteiger partial charge is 0.270 e. The lowest BCUT2D eigenvalue weighted by Gasteiger charge is -2.11. The molecule has 1 aliphatic rings. The molecule has 3 nitrogen and oxygen atoms in total. The average Bonchev–Trinajstić information content (AvgIpc) is 2.70. The van der Waals surface area contributed by atoms with Crippen LogP contribution in [-0.4, -0.2) is 16.7 Å². The van der Waals surface area contributed by atoms with E-state index < -0.39 is 0 Å². The van der Waals surface area contributed by atoms with Crippen molar-refractivity contribution in [1.29, 1.82) is 0 Å². The highest BCUT2D eigenvalue weighted by molar-refractivity contribution is 7.09. The van der Waals surface area contributed by atoms with Crippen molar-refractivity contribution in [2.75, 3.05) is 0 Å². The maximum Gasteiger partial charge on any atom is 0.253 e. The number of imide groups is 1. The average molecular weight is 193 g/mol. The van der Waals surface area contributed by atoms with Gasteiger partial charge in [0.25, 0.3) is 11.8 Å². The second kappa shape index (κ2) is 3.14. The standard InChI is InChI=1S/C9H7NO2S/c11-8-3-4-9(12)10(8)6-7-2-1-5-13-7/h1-5H,6H2. The molecular weight excluding hydrogens is 186 g/mol. The number of nitrogens with zero attached hydrogens (tertiary/aromatic N) is 1. The Kier molecular flexibility index (Phi) is 1.98. The summed E-state index contributed by atoms with van der Waals surface area (Å²) in [6.45, 7) is 0.391. The monoisotopic (exact) mass is 193 g/mol.